The first-order chi connectivity index (χ1) is 12.9. The van der Waals surface area contributed by atoms with Gasteiger partial charge in [0.05, 0.1) is 29.9 Å². The summed E-state index contributed by atoms with van der Waals surface area (Å²) in [5.74, 6) is -1.34. The molecule has 9 nitrogen and oxygen atoms in total. The lowest BCUT2D eigenvalue weighted by Gasteiger charge is -2.19. The van der Waals surface area contributed by atoms with Crippen molar-refractivity contribution in [2.45, 2.75) is 12.8 Å². The highest BCUT2D eigenvalue weighted by Gasteiger charge is 2.15. The van der Waals surface area contributed by atoms with Crippen LogP contribution in [0.5, 0.6) is 0 Å². The third kappa shape index (κ3) is 7.55. The van der Waals surface area contributed by atoms with Crippen molar-refractivity contribution >= 4 is 35.2 Å². The van der Waals surface area contributed by atoms with Crippen molar-refractivity contribution in [1.29, 1.82) is 10.5 Å². The van der Waals surface area contributed by atoms with E-state index in [1.54, 1.807) is 0 Å². The predicted octanol–water partition coefficient (Wildman–Crippen LogP) is 2.46. The van der Waals surface area contributed by atoms with E-state index in [0.29, 0.717) is 5.56 Å². The van der Waals surface area contributed by atoms with E-state index >= 15 is 0 Å². The summed E-state index contributed by atoms with van der Waals surface area (Å²) in [7, 11) is 0. The van der Waals surface area contributed by atoms with Crippen molar-refractivity contribution in [3.05, 3.63) is 45.0 Å². The maximum atomic E-state index is 12.0. The van der Waals surface area contributed by atoms with Crippen LogP contribution in [0.2, 0.25) is 5.02 Å². The molecule has 0 atom stereocenters. The molecular weight excluding hydrogens is 376 g/mol. The summed E-state index contributed by atoms with van der Waals surface area (Å²) < 4.78 is 4.83. The number of hydrogen-bond acceptors (Lipinski definition) is 7. The molecule has 0 spiro atoms. The van der Waals surface area contributed by atoms with Crippen molar-refractivity contribution in [2.75, 3.05) is 19.7 Å². The number of rotatable bonds is 9. The summed E-state index contributed by atoms with van der Waals surface area (Å²) in [6.45, 7) is -0.265. The standard InChI is InChI=1S/C17H15ClN4O5/c18-14-5-3-13(11-15(14)22(25)26)4-6-17(24)27-12-16(23)21(9-1-7-19)10-2-8-20/h3-6,11H,1-2,9-10,12H2/b6-4+. The van der Waals surface area contributed by atoms with Gasteiger partial charge in [-0.05, 0) is 17.7 Å². The minimum absolute atomic E-state index is 0.0276. The van der Waals surface area contributed by atoms with Crippen molar-refractivity contribution in [2.24, 2.45) is 0 Å². The molecule has 1 amide bonds. The number of nitriles is 2. The minimum atomic E-state index is -0.818. The monoisotopic (exact) mass is 390 g/mol. The van der Waals surface area contributed by atoms with Crippen LogP contribution in [0.1, 0.15) is 18.4 Å². The first-order valence-electron chi connectivity index (χ1n) is 7.69. The minimum Gasteiger partial charge on any atom is -0.452 e. The van der Waals surface area contributed by atoms with E-state index in [-0.39, 0.29) is 36.6 Å². The van der Waals surface area contributed by atoms with Gasteiger partial charge in [0.25, 0.3) is 11.6 Å². The number of nitro benzene ring substituents is 1. The van der Waals surface area contributed by atoms with E-state index in [9.17, 15) is 19.7 Å². The van der Waals surface area contributed by atoms with Gasteiger partial charge in [-0.3, -0.25) is 14.9 Å². The van der Waals surface area contributed by atoms with Crippen LogP contribution in [0.15, 0.2) is 24.3 Å². The molecule has 0 saturated heterocycles. The first-order valence-corrected chi connectivity index (χ1v) is 8.07. The number of nitrogens with zero attached hydrogens (tertiary/aromatic N) is 4. The SMILES string of the molecule is N#CCCN(CCC#N)C(=O)COC(=O)/C=C/c1ccc(Cl)c([N+](=O)[O-])c1. The Labute approximate surface area is 160 Å². The molecule has 0 aliphatic rings. The molecule has 140 valence electrons. The fraction of sp³-hybridized carbons (Fsp3) is 0.294. The highest BCUT2D eigenvalue weighted by Crippen LogP contribution is 2.25. The summed E-state index contributed by atoms with van der Waals surface area (Å²) in [4.78, 5) is 35.2. The highest BCUT2D eigenvalue weighted by atomic mass is 35.5. The molecule has 0 saturated carbocycles. The number of amides is 1. The third-order valence-electron chi connectivity index (χ3n) is 3.26. The lowest BCUT2D eigenvalue weighted by molar-refractivity contribution is -0.384. The third-order valence-corrected chi connectivity index (χ3v) is 3.58. The Hall–Kier alpha value is -3.43. The number of nitro groups is 1. The Morgan fingerprint density at radius 1 is 1.26 bits per heavy atom. The number of carbonyl (C=O) groups excluding carboxylic acids is 2. The normalized spacial score (nSPS) is 10.0. The van der Waals surface area contributed by atoms with Gasteiger partial charge in [0.1, 0.15) is 5.02 Å². The molecule has 1 rings (SSSR count). The van der Waals surface area contributed by atoms with Crippen molar-refractivity contribution in [3.63, 3.8) is 0 Å². The maximum Gasteiger partial charge on any atom is 0.331 e. The second-order valence-corrected chi connectivity index (χ2v) is 5.51. The van der Waals surface area contributed by atoms with E-state index in [1.165, 1.54) is 29.2 Å². The molecule has 0 aromatic heterocycles. The Balaban J connectivity index is 2.63. The zero-order valence-electron chi connectivity index (χ0n) is 14.1. The Morgan fingerprint density at radius 2 is 1.89 bits per heavy atom. The van der Waals surface area contributed by atoms with E-state index < -0.39 is 23.4 Å². The first kappa shape index (κ1) is 21.6. The van der Waals surface area contributed by atoms with E-state index in [1.807, 2.05) is 12.1 Å². The summed E-state index contributed by atoms with van der Waals surface area (Å²) in [6.07, 6.45) is 2.51. The molecule has 0 aliphatic carbocycles. The summed E-state index contributed by atoms with van der Waals surface area (Å²) in [5.41, 5.74) is 0.0621. The van der Waals surface area contributed by atoms with Gasteiger partial charge < -0.3 is 9.64 Å². The van der Waals surface area contributed by atoms with Crippen LogP contribution in [0.4, 0.5) is 5.69 Å². The van der Waals surface area contributed by atoms with E-state index in [2.05, 4.69) is 0 Å². The van der Waals surface area contributed by atoms with Gasteiger partial charge >= 0.3 is 5.97 Å². The molecule has 0 N–H and O–H groups in total. The summed E-state index contributed by atoms with van der Waals surface area (Å²) in [5, 5.41) is 28.0. The molecule has 0 fully saturated rings. The van der Waals surface area contributed by atoms with Crippen molar-refractivity contribution < 1.29 is 19.2 Å². The Kier molecular flexibility index (Phi) is 8.99. The molecule has 0 bridgehead atoms. The number of carbonyl (C=O) groups is 2. The number of halogens is 1. The molecule has 27 heavy (non-hydrogen) atoms. The van der Waals surface area contributed by atoms with Gasteiger partial charge in [-0.2, -0.15) is 10.5 Å². The molecule has 10 heteroatoms. The van der Waals surface area contributed by atoms with Crippen LogP contribution in [-0.4, -0.2) is 41.4 Å². The summed E-state index contributed by atoms with van der Waals surface area (Å²) >= 11 is 5.70. The molecule has 1 aromatic carbocycles. The summed E-state index contributed by atoms with van der Waals surface area (Å²) in [6, 6.07) is 7.80. The van der Waals surface area contributed by atoms with Crippen LogP contribution in [0, 0.1) is 32.8 Å². The van der Waals surface area contributed by atoms with Gasteiger partial charge in [-0.15, -0.1) is 0 Å². The second kappa shape index (κ2) is 11.2. The van der Waals surface area contributed by atoms with Crippen LogP contribution in [0.3, 0.4) is 0 Å². The van der Waals surface area contributed by atoms with Gasteiger partial charge in [0.15, 0.2) is 6.61 Å². The van der Waals surface area contributed by atoms with Crippen molar-refractivity contribution in [3.8, 4) is 12.1 Å². The quantitative estimate of drug-likeness (QED) is 0.273. The topological polar surface area (TPSA) is 137 Å². The van der Waals surface area contributed by atoms with Crippen LogP contribution < -0.4 is 0 Å². The van der Waals surface area contributed by atoms with Crippen molar-refractivity contribution in [1.82, 2.24) is 4.90 Å². The van der Waals surface area contributed by atoms with Crippen LogP contribution in [0.25, 0.3) is 6.08 Å². The molecule has 0 unspecified atom stereocenters. The molecule has 0 radical (unpaired) electrons. The van der Waals surface area contributed by atoms with E-state index in [4.69, 9.17) is 26.9 Å². The molecule has 1 aromatic rings. The van der Waals surface area contributed by atoms with Gasteiger partial charge in [-0.1, -0.05) is 17.7 Å². The van der Waals surface area contributed by atoms with Crippen LogP contribution >= 0.6 is 11.6 Å². The average molecular weight is 391 g/mol. The maximum absolute atomic E-state index is 12.0. The lowest BCUT2D eigenvalue weighted by atomic mass is 10.2. The zero-order valence-corrected chi connectivity index (χ0v) is 14.9. The van der Waals surface area contributed by atoms with Gasteiger partial charge in [0, 0.05) is 25.2 Å². The fourth-order valence-corrected chi connectivity index (χ4v) is 2.13. The Morgan fingerprint density at radius 3 is 2.44 bits per heavy atom. The number of hydrogen-bond donors (Lipinski definition) is 0. The number of ether oxygens (including phenoxy) is 1. The van der Waals surface area contributed by atoms with Crippen LogP contribution in [-0.2, 0) is 14.3 Å². The molecule has 0 heterocycles. The number of esters is 1. The molecule has 0 aliphatic heterocycles. The molecular formula is C17H15ClN4O5. The predicted molar refractivity (Wildman–Crippen MR) is 95.1 cm³/mol. The lowest BCUT2D eigenvalue weighted by Crippen LogP contribution is -2.36. The zero-order chi connectivity index (χ0) is 20.2. The van der Waals surface area contributed by atoms with Gasteiger partial charge in [-0.25, -0.2) is 4.79 Å². The largest absolute Gasteiger partial charge is 0.452 e. The van der Waals surface area contributed by atoms with Gasteiger partial charge in [0.2, 0.25) is 0 Å². The number of benzene rings is 1. The fourth-order valence-electron chi connectivity index (χ4n) is 1.94. The Bertz CT molecular complexity index is 808. The highest BCUT2D eigenvalue weighted by molar-refractivity contribution is 6.32. The van der Waals surface area contributed by atoms with E-state index in [0.717, 1.165) is 6.08 Å². The second-order valence-electron chi connectivity index (χ2n) is 5.11. The smallest absolute Gasteiger partial charge is 0.331 e. The average Bonchev–Trinajstić information content (AvgIpc) is 2.65.